The number of rotatable bonds is 8. The summed E-state index contributed by atoms with van der Waals surface area (Å²) in [7, 11) is 1.69. The van der Waals surface area contributed by atoms with E-state index in [4.69, 9.17) is 9.72 Å². The van der Waals surface area contributed by atoms with Gasteiger partial charge in [0.2, 0.25) is 0 Å². The first kappa shape index (κ1) is 21.3. The molecule has 2 aromatic carbocycles. The highest BCUT2D eigenvalue weighted by Crippen LogP contribution is 2.32. The second kappa shape index (κ2) is 9.50. The van der Waals surface area contributed by atoms with Crippen LogP contribution in [0.25, 0.3) is 17.0 Å². The molecule has 3 heterocycles. The Morgan fingerprint density at radius 3 is 2.58 bits per heavy atom. The Labute approximate surface area is 197 Å². The molecule has 0 atom stereocenters. The Morgan fingerprint density at radius 2 is 1.76 bits per heavy atom. The highest BCUT2D eigenvalue weighted by Gasteiger charge is 2.18. The van der Waals surface area contributed by atoms with Gasteiger partial charge >= 0.3 is 0 Å². The van der Waals surface area contributed by atoms with Crippen molar-refractivity contribution in [1.29, 1.82) is 0 Å². The molecule has 0 saturated carbocycles. The number of fused-ring (bicyclic) bond motifs is 1. The molecule has 0 aliphatic rings. The van der Waals surface area contributed by atoms with Gasteiger partial charge < -0.3 is 13.7 Å². The predicted molar refractivity (Wildman–Crippen MR) is 132 cm³/mol. The molecule has 3 aromatic heterocycles. The van der Waals surface area contributed by atoms with E-state index >= 15 is 0 Å². The number of para-hydroxylation sites is 1. The number of benzene rings is 2. The molecule has 0 aliphatic carbocycles. The minimum Gasteiger partial charge on any atom is -0.496 e. The molecule has 0 spiro atoms. The molecule has 0 fully saturated rings. The Hall–Kier alpha value is -3.58. The van der Waals surface area contributed by atoms with E-state index in [1.54, 1.807) is 18.9 Å². The van der Waals surface area contributed by atoms with Gasteiger partial charge in [-0.25, -0.2) is 4.98 Å². The monoisotopic (exact) mass is 455 g/mol. The molecule has 7 heteroatoms. The minimum atomic E-state index is 0.719. The van der Waals surface area contributed by atoms with Crippen LogP contribution in [0.15, 0.2) is 84.3 Å². The maximum absolute atomic E-state index is 5.60. The Kier molecular flexibility index (Phi) is 6.13. The zero-order valence-corrected chi connectivity index (χ0v) is 19.5. The van der Waals surface area contributed by atoms with Crippen molar-refractivity contribution in [1.82, 2.24) is 24.1 Å². The summed E-state index contributed by atoms with van der Waals surface area (Å²) in [5, 5.41) is 9.99. The fourth-order valence-electron chi connectivity index (χ4n) is 3.92. The lowest BCUT2D eigenvalue weighted by Crippen LogP contribution is -2.06. The van der Waals surface area contributed by atoms with Crippen molar-refractivity contribution in [2.75, 3.05) is 7.11 Å². The van der Waals surface area contributed by atoms with E-state index in [1.807, 2.05) is 42.6 Å². The second-order valence-corrected chi connectivity index (χ2v) is 8.78. The van der Waals surface area contributed by atoms with Crippen LogP contribution >= 0.6 is 11.8 Å². The topological polar surface area (TPSA) is 57.2 Å². The third-order valence-electron chi connectivity index (χ3n) is 5.61. The first-order valence-electron chi connectivity index (χ1n) is 10.9. The molecule has 0 unspecified atom stereocenters. The quantitative estimate of drug-likeness (QED) is 0.292. The third kappa shape index (κ3) is 4.50. The van der Waals surface area contributed by atoms with E-state index in [1.165, 1.54) is 11.1 Å². The van der Waals surface area contributed by atoms with Gasteiger partial charge in [0.15, 0.2) is 11.0 Å². The van der Waals surface area contributed by atoms with Crippen LogP contribution in [0.2, 0.25) is 0 Å². The van der Waals surface area contributed by atoms with Crippen molar-refractivity contribution in [2.45, 2.75) is 30.8 Å². The SMILES string of the molecule is COc1ccccc1-c1nnc(SCc2cn3cccc(C)c3n2)n1CCc1ccccc1. The summed E-state index contributed by atoms with van der Waals surface area (Å²) >= 11 is 1.66. The average molecular weight is 456 g/mol. The summed E-state index contributed by atoms with van der Waals surface area (Å²) in [5.74, 6) is 2.33. The molecule has 0 saturated heterocycles. The number of aromatic nitrogens is 5. The first-order valence-corrected chi connectivity index (χ1v) is 11.9. The molecule has 166 valence electrons. The molecule has 0 aliphatic heterocycles. The normalized spacial score (nSPS) is 11.2. The van der Waals surface area contributed by atoms with Crippen molar-refractivity contribution in [3.63, 3.8) is 0 Å². The largest absolute Gasteiger partial charge is 0.496 e. The zero-order chi connectivity index (χ0) is 22.6. The van der Waals surface area contributed by atoms with Crippen LogP contribution in [0.3, 0.4) is 0 Å². The van der Waals surface area contributed by atoms with Crippen LogP contribution in [-0.2, 0) is 18.7 Å². The van der Waals surface area contributed by atoms with Gasteiger partial charge in [-0.3, -0.25) is 0 Å². The molecular weight excluding hydrogens is 430 g/mol. The molecular formula is C26H25N5OS. The number of pyridine rings is 1. The van der Waals surface area contributed by atoms with E-state index in [-0.39, 0.29) is 0 Å². The lowest BCUT2D eigenvalue weighted by Gasteiger charge is -2.12. The fraction of sp³-hybridized carbons (Fsp3) is 0.192. The smallest absolute Gasteiger partial charge is 0.191 e. The maximum atomic E-state index is 5.60. The van der Waals surface area contributed by atoms with Crippen LogP contribution in [0.4, 0.5) is 0 Å². The molecule has 6 nitrogen and oxygen atoms in total. The van der Waals surface area contributed by atoms with E-state index in [2.05, 4.69) is 62.6 Å². The summed E-state index contributed by atoms with van der Waals surface area (Å²) in [6.45, 7) is 2.86. The highest BCUT2D eigenvalue weighted by atomic mass is 32.2. The molecule has 0 bridgehead atoms. The van der Waals surface area contributed by atoms with E-state index in [9.17, 15) is 0 Å². The summed E-state index contributed by atoms with van der Waals surface area (Å²) in [6.07, 6.45) is 5.01. The van der Waals surface area contributed by atoms with Gasteiger partial charge in [0.1, 0.15) is 11.4 Å². The average Bonchev–Trinajstić information content (AvgIpc) is 3.46. The van der Waals surface area contributed by atoms with Gasteiger partial charge in [-0.15, -0.1) is 10.2 Å². The lowest BCUT2D eigenvalue weighted by molar-refractivity contribution is 0.415. The molecule has 5 aromatic rings. The molecule has 0 radical (unpaired) electrons. The summed E-state index contributed by atoms with van der Waals surface area (Å²) in [6, 6.07) is 22.6. The number of aryl methyl sites for hydroxylation is 2. The predicted octanol–water partition coefficient (Wildman–Crippen LogP) is 5.44. The highest BCUT2D eigenvalue weighted by molar-refractivity contribution is 7.98. The Morgan fingerprint density at radius 1 is 0.939 bits per heavy atom. The number of nitrogens with zero attached hydrogens (tertiary/aromatic N) is 5. The summed E-state index contributed by atoms with van der Waals surface area (Å²) in [5.41, 5.74) is 5.40. The number of thioether (sulfide) groups is 1. The molecule has 5 rings (SSSR count). The van der Waals surface area contributed by atoms with Crippen LogP contribution in [-0.4, -0.2) is 31.3 Å². The van der Waals surface area contributed by atoms with E-state index < -0.39 is 0 Å². The van der Waals surface area contributed by atoms with Crippen molar-refractivity contribution in [3.8, 4) is 17.1 Å². The standard InChI is InChI=1S/C26H25N5OS/c1-19-9-8-15-30-17-21(27-24(19)30)18-33-26-29-28-25(22-12-6-7-13-23(22)32-2)31(26)16-14-20-10-4-3-5-11-20/h3-13,15,17H,14,16,18H2,1-2H3. The minimum absolute atomic E-state index is 0.719. The van der Waals surface area contributed by atoms with Crippen molar-refractivity contribution in [2.24, 2.45) is 0 Å². The lowest BCUT2D eigenvalue weighted by atomic mass is 10.1. The van der Waals surface area contributed by atoms with Gasteiger partial charge in [0.05, 0.1) is 18.4 Å². The van der Waals surface area contributed by atoms with Gasteiger partial charge in [-0.2, -0.15) is 0 Å². The van der Waals surface area contributed by atoms with Crippen LogP contribution in [0.1, 0.15) is 16.8 Å². The Balaban J connectivity index is 1.45. The summed E-state index contributed by atoms with van der Waals surface area (Å²) < 4.78 is 9.87. The summed E-state index contributed by atoms with van der Waals surface area (Å²) in [4.78, 5) is 4.81. The maximum Gasteiger partial charge on any atom is 0.191 e. The third-order valence-corrected chi connectivity index (χ3v) is 6.61. The number of methoxy groups -OCH3 is 1. The van der Waals surface area contributed by atoms with Crippen LogP contribution in [0.5, 0.6) is 5.75 Å². The molecule has 33 heavy (non-hydrogen) atoms. The number of ether oxygens (including phenoxy) is 1. The van der Waals surface area contributed by atoms with Crippen molar-refractivity contribution < 1.29 is 4.74 Å². The van der Waals surface area contributed by atoms with Crippen molar-refractivity contribution in [3.05, 3.63) is 95.9 Å². The number of hydrogen-bond acceptors (Lipinski definition) is 5. The first-order chi connectivity index (χ1) is 16.2. The molecule has 0 amide bonds. The molecule has 0 N–H and O–H groups in total. The zero-order valence-electron chi connectivity index (χ0n) is 18.7. The van der Waals surface area contributed by atoms with Gasteiger partial charge in [0.25, 0.3) is 0 Å². The van der Waals surface area contributed by atoms with Gasteiger partial charge in [0, 0.05) is 24.7 Å². The van der Waals surface area contributed by atoms with Gasteiger partial charge in [-0.1, -0.05) is 60.3 Å². The number of hydrogen-bond donors (Lipinski definition) is 0. The van der Waals surface area contributed by atoms with Crippen LogP contribution < -0.4 is 4.74 Å². The van der Waals surface area contributed by atoms with Gasteiger partial charge in [-0.05, 0) is 42.7 Å². The van der Waals surface area contributed by atoms with Crippen LogP contribution in [0, 0.1) is 6.92 Å². The van der Waals surface area contributed by atoms with E-state index in [0.29, 0.717) is 0 Å². The van der Waals surface area contributed by atoms with Crippen molar-refractivity contribution >= 4 is 17.4 Å². The van der Waals surface area contributed by atoms with E-state index in [0.717, 1.165) is 52.4 Å². The second-order valence-electron chi connectivity index (χ2n) is 7.84. The number of imidazole rings is 1. The Bertz CT molecular complexity index is 1380. The fourth-order valence-corrected chi connectivity index (χ4v) is 4.77.